The van der Waals surface area contributed by atoms with Crippen molar-refractivity contribution in [1.29, 1.82) is 0 Å². The Balaban J connectivity index is 2.54. The minimum atomic E-state index is 0.789. The van der Waals surface area contributed by atoms with E-state index in [1.165, 1.54) is 11.1 Å². The molecule has 1 nitrogen and oxygen atoms in total. The highest BCUT2D eigenvalue weighted by molar-refractivity contribution is 6.30. The molecule has 0 atom stereocenters. The molecule has 2 rings (SSSR count). The maximum Gasteiger partial charge on any atom is 0.0430 e. The van der Waals surface area contributed by atoms with Crippen molar-refractivity contribution in [3.63, 3.8) is 0 Å². The van der Waals surface area contributed by atoms with Gasteiger partial charge in [0.2, 0.25) is 0 Å². The Hall–Kier alpha value is -0.820. The van der Waals surface area contributed by atoms with Crippen molar-refractivity contribution in [3.8, 4) is 0 Å². The second-order valence-electron chi connectivity index (χ2n) is 2.63. The molecule has 0 aromatic heterocycles. The standard InChI is InChI=1S/C9H8ClN/c10-9-2-1-7-3-4-11-6-8(7)5-9/h1-2,5-6H,3-4H2. The van der Waals surface area contributed by atoms with Gasteiger partial charge in [0, 0.05) is 17.8 Å². The average molecular weight is 166 g/mol. The minimum Gasteiger partial charge on any atom is -0.292 e. The van der Waals surface area contributed by atoms with Gasteiger partial charge in [-0.15, -0.1) is 0 Å². The zero-order valence-corrected chi connectivity index (χ0v) is 6.80. The highest BCUT2D eigenvalue weighted by Crippen LogP contribution is 2.17. The van der Waals surface area contributed by atoms with Crippen molar-refractivity contribution >= 4 is 17.8 Å². The Bertz CT molecular complexity index is 304. The van der Waals surface area contributed by atoms with Gasteiger partial charge < -0.3 is 0 Å². The summed E-state index contributed by atoms with van der Waals surface area (Å²) in [7, 11) is 0. The number of nitrogens with zero attached hydrogens (tertiary/aromatic N) is 1. The van der Waals surface area contributed by atoms with Crippen molar-refractivity contribution in [2.24, 2.45) is 4.99 Å². The first-order chi connectivity index (χ1) is 5.36. The van der Waals surface area contributed by atoms with Gasteiger partial charge in [0.25, 0.3) is 0 Å². The smallest absolute Gasteiger partial charge is 0.0430 e. The fraction of sp³-hybridized carbons (Fsp3) is 0.222. The minimum absolute atomic E-state index is 0.789. The Labute approximate surface area is 70.7 Å². The molecule has 0 aliphatic carbocycles. The molecule has 0 unspecified atom stereocenters. The number of aliphatic imine (C=N–C) groups is 1. The molecule has 0 fully saturated rings. The molecule has 11 heavy (non-hydrogen) atoms. The van der Waals surface area contributed by atoms with Crippen molar-refractivity contribution in [2.75, 3.05) is 6.54 Å². The molecule has 0 radical (unpaired) electrons. The zero-order chi connectivity index (χ0) is 7.68. The maximum atomic E-state index is 5.81. The number of rotatable bonds is 0. The molecular weight excluding hydrogens is 158 g/mol. The second-order valence-corrected chi connectivity index (χ2v) is 3.06. The van der Waals surface area contributed by atoms with E-state index in [2.05, 4.69) is 11.1 Å². The van der Waals surface area contributed by atoms with E-state index in [1.807, 2.05) is 18.3 Å². The topological polar surface area (TPSA) is 12.4 Å². The number of hydrogen-bond acceptors (Lipinski definition) is 1. The molecule has 2 heteroatoms. The van der Waals surface area contributed by atoms with Gasteiger partial charge in [0.15, 0.2) is 0 Å². The summed E-state index contributed by atoms with van der Waals surface area (Å²) in [6.45, 7) is 0.911. The molecule has 0 amide bonds. The van der Waals surface area contributed by atoms with Crippen LogP contribution in [0.1, 0.15) is 11.1 Å². The Morgan fingerprint density at radius 3 is 3.18 bits per heavy atom. The zero-order valence-electron chi connectivity index (χ0n) is 6.05. The van der Waals surface area contributed by atoms with Crippen LogP contribution < -0.4 is 0 Å². The van der Waals surface area contributed by atoms with Crippen molar-refractivity contribution in [1.82, 2.24) is 0 Å². The fourth-order valence-electron chi connectivity index (χ4n) is 1.26. The van der Waals surface area contributed by atoms with E-state index in [0.717, 1.165) is 18.0 Å². The first-order valence-corrected chi connectivity index (χ1v) is 4.02. The molecular formula is C9H8ClN. The highest BCUT2D eigenvalue weighted by Gasteiger charge is 2.03. The summed E-state index contributed by atoms with van der Waals surface area (Å²) in [5.41, 5.74) is 2.52. The third kappa shape index (κ3) is 1.29. The molecule has 0 N–H and O–H groups in total. The summed E-state index contributed by atoms with van der Waals surface area (Å²) >= 11 is 5.81. The van der Waals surface area contributed by atoms with Crippen LogP contribution in [0.25, 0.3) is 0 Å². The van der Waals surface area contributed by atoms with E-state index < -0.39 is 0 Å². The summed E-state index contributed by atoms with van der Waals surface area (Å²) in [4.78, 5) is 4.18. The fourth-order valence-corrected chi connectivity index (χ4v) is 1.44. The predicted molar refractivity (Wildman–Crippen MR) is 47.6 cm³/mol. The molecule has 1 aliphatic rings. The van der Waals surface area contributed by atoms with Gasteiger partial charge >= 0.3 is 0 Å². The average Bonchev–Trinajstić information content (AvgIpc) is 2.04. The molecule has 1 aromatic rings. The van der Waals surface area contributed by atoms with Crippen molar-refractivity contribution in [3.05, 3.63) is 34.3 Å². The van der Waals surface area contributed by atoms with Crippen molar-refractivity contribution in [2.45, 2.75) is 6.42 Å². The SMILES string of the molecule is Clc1ccc2c(c1)C=NCC2. The summed E-state index contributed by atoms with van der Waals surface area (Å²) < 4.78 is 0. The summed E-state index contributed by atoms with van der Waals surface area (Å²) in [5, 5.41) is 0.789. The van der Waals surface area contributed by atoms with E-state index >= 15 is 0 Å². The predicted octanol–water partition coefficient (Wildman–Crippen LogP) is 2.32. The van der Waals surface area contributed by atoms with Crippen LogP contribution in [0.5, 0.6) is 0 Å². The maximum absolute atomic E-state index is 5.81. The van der Waals surface area contributed by atoms with E-state index in [4.69, 9.17) is 11.6 Å². The molecule has 0 bridgehead atoms. The molecule has 0 saturated heterocycles. The summed E-state index contributed by atoms with van der Waals surface area (Å²) in [6, 6.07) is 5.96. The van der Waals surface area contributed by atoms with E-state index in [1.54, 1.807) is 0 Å². The Morgan fingerprint density at radius 2 is 2.27 bits per heavy atom. The van der Waals surface area contributed by atoms with Crippen LogP contribution in [-0.2, 0) is 6.42 Å². The van der Waals surface area contributed by atoms with Crippen LogP contribution in [0, 0.1) is 0 Å². The Kier molecular flexibility index (Phi) is 1.66. The van der Waals surface area contributed by atoms with Gasteiger partial charge in [-0.25, -0.2) is 0 Å². The van der Waals surface area contributed by atoms with Gasteiger partial charge in [0.1, 0.15) is 0 Å². The first kappa shape index (κ1) is 6.86. The third-order valence-electron chi connectivity index (χ3n) is 1.85. The van der Waals surface area contributed by atoms with Gasteiger partial charge in [-0.3, -0.25) is 4.99 Å². The van der Waals surface area contributed by atoms with Crippen LogP contribution in [0.3, 0.4) is 0 Å². The van der Waals surface area contributed by atoms with Gasteiger partial charge in [-0.2, -0.15) is 0 Å². The van der Waals surface area contributed by atoms with Crippen LogP contribution >= 0.6 is 11.6 Å². The summed E-state index contributed by atoms with van der Waals surface area (Å²) in [6.07, 6.45) is 2.94. The van der Waals surface area contributed by atoms with Crippen LogP contribution in [-0.4, -0.2) is 12.8 Å². The summed E-state index contributed by atoms with van der Waals surface area (Å²) in [5.74, 6) is 0. The van der Waals surface area contributed by atoms with Gasteiger partial charge in [0.05, 0.1) is 0 Å². The van der Waals surface area contributed by atoms with Crippen LogP contribution in [0.2, 0.25) is 5.02 Å². The van der Waals surface area contributed by atoms with Gasteiger partial charge in [-0.05, 0) is 29.7 Å². The van der Waals surface area contributed by atoms with Gasteiger partial charge in [-0.1, -0.05) is 17.7 Å². The number of hydrogen-bond donors (Lipinski definition) is 0. The molecule has 1 aliphatic heterocycles. The molecule has 1 heterocycles. The molecule has 0 saturated carbocycles. The van der Waals surface area contributed by atoms with E-state index in [0.29, 0.717) is 0 Å². The normalized spacial score (nSPS) is 14.6. The second kappa shape index (κ2) is 2.67. The lowest BCUT2D eigenvalue weighted by atomic mass is 10.0. The molecule has 56 valence electrons. The lowest BCUT2D eigenvalue weighted by molar-refractivity contribution is 0.952. The molecule has 0 spiro atoms. The van der Waals surface area contributed by atoms with Crippen LogP contribution in [0.4, 0.5) is 0 Å². The lowest BCUT2D eigenvalue weighted by Crippen LogP contribution is -2.01. The van der Waals surface area contributed by atoms with E-state index in [-0.39, 0.29) is 0 Å². The van der Waals surface area contributed by atoms with Crippen molar-refractivity contribution < 1.29 is 0 Å². The largest absolute Gasteiger partial charge is 0.292 e. The first-order valence-electron chi connectivity index (χ1n) is 3.64. The molecule has 1 aromatic carbocycles. The van der Waals surface area contributed by atoms with Crippen LogP contribution in [0.15, 0.2) is 23.2 Å². The third-order valence-corrected chi connectivity index (χ3v) is 2.08. The number of fused-ring (bicyclic) bond motifs is 1. The quantitative estimate of drug-likeness (QED) is 0.560. The lowest BCUT2D eigenvalue weighted by Gasteiger charge is -2.08. The van der Waals surface area contributed by atoms with E-state index in [9.17, 15) is 0 Å². The number of benzene rings is 1. The monoisotopic (exact) mass is 165 g/mol. The Morgan fingerprint density at radius 1 is 1.36 bits per heavy atom. The number of halogens is 1. The highest BCUT2D eigenvalue weighted by atomic mass is 35.5.